The number of aromatic amines is 1. The van der Waals surface area contributed by atoms with Gasteiger partial charge in [0, 0.05) is 26.3 Å². The number of unbranched alkanes of at least 4 members (excludes halogenated alkanes) is 17. The van der Waals surface area contributed by atoms with Gasteiger partial charge in [0.15, 0.2) is 0 Å². The molecule has 1 N–H and O–H groups in total. The minimum Gasteiger partial charge on any atom is -0.354 e. The van der Waals surface area contributed by atoms with Crippen LogP contribution >= 0.6 is 15.9 Å². The predicted molar refractivity (Wildman–Crippen MR) is 156 cm³/mol. The number of nitrogens with one attached hydrogen (secondary N) is 1. The second-order valence-electron chi connectivity index (χ2n) is 10.4. The SMILES string of the molecule is CCCCCCCCCCCCCCCCCCCCc1cccc2c1[nH]c1ccc(Br)cc12. The lowest BCUT2D eigenvalue weighted by Crippen LogP contribution is -1.88. The van der Waals surface area contributed by atoms with Crippen LogP contribution < -0.4 is 0 Å². The van der Waals surface area contributed by atoms with Gasteiger partial charge in [-0.1, -0.05) is 150 Å². The average Bonchev–Trinajstić information content (AvgIpc) is 3.22. The van der Waals surface area contributed by atoms with Crippen molar-refractivity contribution < 1.29 is 0 Å². The van der Waals surface area contributed by atoms with Crippen LogP contribution in [0, 0.1) is 0 Å². The molecule has 0 amide bonds. The zero-order chi connectivity index (χ0) is 23.8. The van der Waals surface area contributed by atoms with Crippen LogP contribution in [0.1, 0.15) is 128 Å². The molecule has 188 valence electrons. The number of hydrogen-bond acceptors (Lipinski definition) is 0. The maximum Gasteiger partial charge on any atom is 0.0497 e. The standard InChI is InChI=1S/C32H48BrN/c1-2-3-4-5-6-7-8-9-10-11-12-13-14-15-16-17-18-19-21-27-22-20-23-29-30-26-28(33)24-25-31(30)34-32(27)29/h20,22-26,34H,2-19,21H2,1H3. The van der Waals surface area contributed by atoms with Crippen molar-refractivity contribution in [3.8, 4) is 0 Å². The first-order valence-corrected chi connectivity index (χ1v) is 15.3. The van der Waals surface area contributed by atoms with Crippen LogP contribution in [0.25, 0.3) is 21.8 Å². The average molecular weight is 527 g/mol. The van der Waals surface area contributed by atoms with Crippen molar-refractivity contribution in [2.24, 2.45) is 0 Å². The minimum absolute atomic E-state index is 1.15. The molecule has 1 nitrogen and oxygen atoms in total. The topological polar surface area (TPSA) is 15.8 Å². The number of aryl methyl sites for hydroxylation is 1. The normalized spacial score (nSPS) is 11.7. The molecule has 34 heavy (non-hydrogen) atoms. The van der Waals surface area contributed by atoms with Gasteiger partial charge in [0.2, 0.25) is 0 Å². The smallest absolute Gasteiger partial charge is 0.0497 e. The Balaban J connectivity index is 1.17. The molecule has 0 aliphatic carbocycles. The molecule has 1 heterocycles. The summed E-state index contributed by atoms with van der Waals surface area (Å²) in [6.45, 7) is 2.30. The lowest BCUT2D eigenvalue weighted by molar-refractivity contribution is 0.525. The van der Waals surface area contributed by atoms with Crippen LogP contribution in [-0.4, -0.2) is 4.98 Å². The van der Waals surface area contributed by atoms with E-state index in [4.69, 9.17) is 0 Å². The monoisotopic (exact) mass is 525 g/mol. The fourth-order valence-electron chi connectivity index (χ4n) is 5.38. The number of benzene rings is 2. The Morgan fingerprint density at radius 3 is 1.68 bits per heavy atom. The molecule has 0 unspecified atom stereocenters. The van der Waals surface area contributed by atoms with Crippen molar-refractivity contribution in [3.63, 3.8) is 0 Å². The van der Waals surface area contributed by atoms with E-state index in [1.165, 1.54) is 149 Å². The molecular formula is C32H48BrN. The van der Waals surface area contributed by atoms with Gasteiger partial charge in [0.05, 0.1) is 0 Å². The largest absolute Gasteiger partial charge is 0.354 e. The highest BCUT2D eigenvalue weighted by molar-refractivity contribution is 9.10. The van der Waals surface area contributed by atoms with Crippen molar-refractivity contribution in [3.05, 3.63) is 46.4 Å². The molecule has 0 aliphatic heterocycles. The van der Waals surface area contributed by atoms with Crippen LogP contribution in [0.15, 0.2) is 40.9 Å². The summed E-state index contributed by atoms with van der Waals surface area (Å²) in [5.41, 5.74) is 4.05. The second-order valence-corrected chi connectivity index (χ2v) is 11.3. The summed E-state index contributed by atoms with van der Waals surface area (Å²) in [7, 11) is 0. The van der Waals surface area contributed by atoms with Gasteiger partial charge in [0.1, 0.15) is 0 Å². The third-order valence-electron chi connectivity index (χ3n) is 7.48. The van der Waals surface area contributed by atoms with Gasteiger partial charge in [-0.25, -0.2) is 0 Å². The van der Waals surface area contributed by atoms with Gasteiger partial charge in [0.25, 0.3) is 0 Å². The zero-order valence-electron chi connectivity index (χ0n) is 21.8. The summed E-state index contributed by atoms with van der Waals surface area (Å²) < 4.78 is 1.15. The molecule has 0 saturated carbocycles. The Hall–Kier alpha value is -1.28. The van der Waals surface area contributed by atoms with Crippen molar-refractivity contribution in [1.29, 1.82) is 0 Å². The van der Waals surface area contributed by atoms with Crippen LogP contribution in [0.3, 0.4) is 0 Å². The zero-order valence-corrected chi connectivity index (χ0v) is 23.4. The summed E-state index contributed by atoms with van der Waals surface area (Å²) in [6, 6.07) is 13.3. The molecule has 1 aromatic heterocycles. The van der Waals surface area contributed by atoms with E-state index in [1.807, 2.05) is 0 Å². The molecule has 0 atom stereocenters. The highest BCUT2D eigenvalue weighted by Gasteiger charge is 2.08. The Labute approximate surface area is 217 Å². The molecule has 2 aromatic carbocycles. The Morgan fingerprint density at radius 2 is 1.12 bits per heavy atom. The van der Waals surface area contributed by atoms with Gasteiger partial charge in [-0.2, -0.15) is 0 Å². The van der Waals surface area contributed by atoms with E-state index in [-0.39, 0.29) is 0 Å². The number of para-hydroxylation sites is 1. The summed E-state index contributed by atoms with van der Waals surface area (Å²) in [4.78, 5) is 3.66. The third kappa shape index (κ3) is 9.40. The van der Waals surface area contributed by atoms with Gasteiger partial charge in [-0.05, 0) is 36.6 Å². The summed E-state index contributed by atoms with van der Waals surface area (Å²) in [5, 5.41) is 2.68. The maximum absolute atomic E-state index is 3.66. The minimum atomic E-state index is 1.15. The lowest BCUT2D eigenvalue weighted by atomic mass is 10.0. The van der Waals surface area contributed by atoms with Crippen LogP contribution in [0.4, 0.5) is 0 Å². The molecule has 0 saturated heterocycles. The number of halogens is 1. The Bertz CT molecular complexity index is 941. The first kappa shape index (κ1) is 27.3. The molecule has 0 fully saturated rings. The molecule has 0 bridgehead atoms. The van der Waals surface area contributed by atoms with E-state index in [2.05, 4.69) is 64.2 Å². The Kier molecular flexibility index (Phi) is 13.2. The number of hydrogen-bond donors (Lipinski definition) is 1. The fraction of sp³-hybridized carbons (Fsp3) is 0.625. The van der Waals surface area contributed by atoms with E-state index in [9.17, 15) is 0 Å². The molecule has 0 radical (unpaired) electrons. The maximum atomic E-state index is 3.66. The van der Waals surface area contributed by atoms with E-state index < -0.39 is 0 Å². The van der Waals surface area contributed by atoms with Crippen LogP contribution in [0.2, 0.25) is 0 Å². The van der Waals surface area contributed by atoms with Gasteiger partial charge in [-0.15, -0.1) is 0 Å². The molecule has 3 rings (SSSR count). The summed E-state index contributed by atoms with van der Waals surface area (Å²) in [6.07, 6.45) is 27.0. The van der Waals surface area contributed by atoms with E-state index >= 15 is 0 Å². The summed E-state index contributed by atoms with van der Waals surface area (Å²) >= 11 is 3.62. The number of H-pyrrole nitrogens is 1. The van der Waals surface area contributed by atoms with E-state index in [0.29, 0.717) is 0 Å². The van der Waals surface area contributed by atoms with Crippen molar-refractivity contribution in [2.45, 2.75) is 129 Å². The number of rotatable bonds is 19. The fourth-order valence-corrected chi connectivity index (χ4v) is 5.74. The van der Waals surface area contributed by atoms with E-state index in [1.54, 1.807) is 0 Å². The molecule has 2 heteroatoms. The van der Waals surface area contributed by atoms with Crippen molar-refractivity contribution >= 4 is 37.7 Å². The third-order valence-corrected chi connectivity index (χ3v) is 7.98. The van der Waals surface area contributed by atoms with Crippen molar-refractivity contribution in [2.75, 3.05) is 0 Å². The molecule has 0 aliphatic rings. The summed E-state index contributed by atoms with van der Waals surface area (Å²) in [5.74, 6) is 0. The second kappa shape index (κ2) is 16.4. The highest BCUT2D eigenvalue weighted by atomic mass is 79.9. The van der Waals surface area contributed by atoms with Gasteiger partial charge >= 0.3 is 0 Å². The first-order valence-electron chi connectivity index (χ1n) is 14.5. The molecule has 0 spiro atoms. The van der Waals surface area contributed by atoms with Gasteiger partial charge < -0.3 is 4.98 Å². The van der Waals surface area contributed by atoms with Crippen LogP contribution in [0.5, 0.6) is 0 Å². The lowest BCUT2D eigenvalue weighted by Gasteiger charge is -2.05. The van der Waals surface area contributed by atoms with E-state index in [0.717, 1.165) is 4.47 Å². The molecular weight excluding hydrogens is 478 g/mol. The highest BCUT2D eigenvalue weighted by Crippen LogP contribution is 2.30. The predicted octanol–water partition coefficient (Wildman–Crippen LogP) is 11.7. The van der Waals surface area contributed by atoms with Crippen molar-refractivity contribution in [1.82, 2.24) is 4.98 Å². The first-order chi connectivity index (χ1) is 16.8. The number of aromatic nitrogens is 1. The number of fused-ring (bicyclic) bond motifs is 3. The quantitative estimate of drug-likeness (QED) is 0.150. The van der Waals surface area contributed by atoms with Crippen LogP contribution in [-0.2, 0) is 6.42 Å². The Morgan fingerprint density at radius 1 is 0.588 bits per heavy atom. The molecule has 3 aromatic rings. The van der Waals surface area contributed by atoms with Gasteiger partial charge in [-0.3, -0.25) is 0 Å².